The molecular weight excluding hydrogens is 378 g/mol. The monoisotopic (exact) mass is 401 g/mol. The van der Waals surface area contributed by atoms with Gasteiger partial charge < -0.3 is 4.57 Å². The molecule has 0 amide bonds. The van der Waals surface area contributed by atoms with Gasteiger partial charge in [0, 0.05) is 44.8 Å². The molecule has 0 saturated carbocycles. The first-order valence-electron chi connectivity index (χ1n) is 8.68. The van der Waals surface area contributed by atoms with E-state index < -0.39 is 0 Å². The molecule has 0 spiro atoms. The minimum atomic E-state index is -0.293. The molecule has 1 saturated heterocycles. The lowest BCUT2D eigenvalue weighted by atomic mass is 10.1. The van der Waals surface area contributed by atoms with E-state index in [1.54, 1.807) is 0 Å². The van der Waals surface area contributed by atoms with Gasteiger partial charge in [0.2, 0.25) is 0 Å². The average Bonchev–Trinajstić information content (AvgIpc) is 2.92. The summed E-state index contributed by atoms with van der Waals surface area (Å²) in [4.78, 5) is 9.40. The minimum absolute atomic E-state index is 0.293. The van der Waals surface area contributed by atoms with E-state index in [0.717, 1.165) is 47.9 Å². The Balaban J connectivity index is 1.88. The molecule has 0 bridgehead atoms. The molecule has 1 fully saturated rings. The van der Waals surface area contributed by atoms with Gasteiger partial charge in [0.15, 0.2) is 0 Å². The first-order chi connectivity index (χ1) is 12.0. The number of piperazine rings is 1. The lowest BCUT2D eigenvalue weighted by molar-refractivity contribution is 0.0912. The van der Waals surface area contributed by atoms with E-state index in [1.165, 1.54) is 0 Å². The molecule has 6 heteroatoms. The first kappa shape index (κ1) is 18.1. The third-order valence-corrected chi connectivity index (χ3v) is 5.54. The van der Waals surface area contributed by atoms with Gasteiger partial charge in [-0.3, -0.25) is 9.80 Å². The second kappa shape index (κ2) is 7.69. The molecule has 1 unspecified atom stereocenters. The highest BCUT2D eigenvalue weighted by atomic mass is 79.9. The number of benzene rings is 1. The summed E-state index contributed by atoms with van der Waals surface area (Å²) in [7, 11) is 1.99. The number of rotatable bonds is 4. The third kappa shape index (κ3) is 3.64. The zero-order valence-corrected chi connectivity index (χ0v) is 16.6. The fourth-order valence-electron chi connectivity index (χ4n) is 3.45. The lowest BCUT2D eigenvalue weighted by Crippen LogP contribution is -2.49. The molecule has 132 valence electrons. The van der Waals surface area contributed by atoms with Crippen LogP contribution in [0.2, 0.25) is 0 Å². The maximum absolute atomic E-state index is 9.87. The van der Waals surface area contributed by atoms with Crippen molar-refractivity contribution in [2.24, 2.45) is 7.05 Å². The number of imidazole rings is 1. The molecular formula is C19H24BrN5. The van der Waals surface area contributed by atoms with Crippen molar-refractivity contribution < 1.29 is 0 Å². The van der Waals surface area contributed by atoms with Crippen LogP contribution in [-0.2, 0) is 7.05 Å². The van der Waals surface area contributed by atoms with Crippen molar-refractivity contribution in [1.82, 2.24) is 19.4 Å². The highest BCUT2D eigenvalue weighted by Gasteiger charge is 2.30. The quantitative estimate of drug-likeness (QED) is 0.786. The van der Waals surface area contributed by atoms with Crippen LogP contribution in [0.3, 0.4) is 0 Å². The summed E-state index contributed by atoms with van der Waals surface area (Å²) in [5.41, 5.74) is 1.98. The van der Waals surface area contributed by atoms with E-state index in [4.69, 9.17) is 0 Å². The smallest absolute Gasteiger partial charge is 0.141 e. The normalized spacial score (nSPS) is 17.6. The standard InChI is InChI=1S/C19H24BrN5/c1-14(2)24-9-11-25(12-10-24)16(13-21)17-18(20)22-19(23(17)3)15-7-5-4-6-8-15/h4-8,14,16H,9-12H2,1-3H3. The number of hydrogen-bond acceptors (Lipinski definition) is 4. The zero-order valence-electron chi connectivity index (χ0n) is 15.0. The summed E-state index contributed by atoms with van der Waals surface area (Å²) >= 11 is 3.59. The van der Waals surface area contributed by atoms with Crippen molar-refractivity contribution in [1.29, 1.82) is 5.26 Å². The number of halogens is 1. The Morgan fingerprint density at radius 3 is 2.24 bits per heavy atom. The first-order valence-corrected chi connectivity index (χ1v) is 9.47. The molecule has 0 radical (unpaired) electrons. The molecule has 1 aliphatic heterocycles. The van der Waals surface area contributed by atoms with Crippen LogP contribution in [0, 0.1) is 11.3 Å². The molecule has 2 heterocycles. The molecule has 3 rings (SSSR count). The maximum atomic E-state index is 9.87. The van der Waals surface area contributed by atoms with E-state index in [-0.39, 0.29) is 6.04 Å². The number of nitrogens with zero attached hydrogens (tertiary/aromatic N) is 5. The van der Waals surface area contributed by atoms with E-state index >= 15 is 0 Å². The molecule has 1 aromatic heterocycles. The Labute approximate surface area is 158 Å². The third-order valence-electron chi connectivity index (χ3n) is 4.95. The van der Waals surface area contributed by atoms with Gasteiger partial charge in [-0.1, -0.05) is 30.3 Å². The Morgan fingerprint density at radius 2 is 1.68 bits per heavy atom. The van der Waals surface area contributed by atoms with Gasteiger partial charge in [0.25, 0.3) is 0 Å². The van der Waals surface area contributed by atoms with Gasteiger partial charge in [-0.2, -0.15) is 5.26 Å². The van der Waals surface area contributed by atoms with Crippen LogP contribution in [0.25, 0.3) is 11.4 Å². The van der Waals surface area contributed by atoms with Gasteiger partial charge in [0.1, 0.15) is 16.5 Å². The average molecular weight is 402 g/mol. The van der Waals surface area contributed by atoms with Crippen LogP contribution in [0.15, 0.2) is 34.9 Å². The van der Waals surface area contributed by atoms with Gasteiger partial charge in [-0.05, 0) is 29.8 Å². The van der Waals surface area contributed by atoms with Crippen LogP contribution >= 0.6 is 15.9 Å². The van der Waals surface area contributed by atoms with Crippen molar-refractivity contribution in [2.75, 3.05) is 26.2 Å². The highest BCUT2D eigenvalue weighted by Crippen LogP contribution is 2.32. The minimum Gasteiger partial charge on any atom is -0.328 e. The summed E-state index contributed by atoms with van der Waals surface area (Å²) in [5.74, 6) is 0.878. The molecule has 1 atom stereocenters. The van der Waals surface area contributed by atoms with Gasteiger partial charge in [0.05, 0.1) is 11.8 Å². The lowest BCUT2D eigenvalue weighted by Gasteiger charge is -2.38. The Morgan fingerprint density at radius 1 is 1.08 bits per heavy atom. The Bertz CT molecular complexity index is 754. The van der Waals surface area contributed by atoms with Crippen LogP contribution < -0.4 is 0 Å². The molecule has 0 aliphatic carbocycles. The van der Waals surface area contributed by atoms with E-state index in [1.807, 2.05) is 41.9 Å². The molecule has 1 aliphatic rings. The number of aromatic nitrogens is 2. The van der Waals surface area contributed by atoms with Gasteiger partial charge in [-0.15, -0.1) is 0 Å². The highest BCUT2D eigenvalue weighted by molar-refractivity contribution is 9.10. The summed E-state index contributed by atoms with van der Waals surface area (Å²) < 4.78 is 2.80. The van der Waals surface area contributed by atoms with Crippen molar-refractivity contribution in [3.63, 3.8) is 0 Å². The molecule has 5 nitrogen and oxygen atoms in total. The molecule has 2 aromatic rings. The predicted molar refractivity (Wildman–Crippen MR) is 103 cm³/mol. The van der Waals surface area contributed by atoms with Crippen LogP contribution in [0.5, 0.6) is 0 Å². The summed E-state index contributed by atoms with van der Waals surface area (Å²) in [6, 6.07) is 12.8. The van der Waals surface area contributed by atoms with Crippen LogP contribution in [0.4, 0.5) is 0 Å². The van der Waals surface area contributed by atoms with Gasteiger partial charge >= 0.3 is 0 Å². The predicted octanol–water partition coefficient (Wildman–Crippen LogP) is 3.44. The summed E-state index contributed by atoms with van der Waals surface area (Å²) in [5, 5.41) is 9.87. The number of nitriles is 1. The second-order valence-corrected chi connectivity index (χ2v) is 7.48. The van der Waals surface area contributed by atoms with Crippen LogP contribution in [0.1, 0.15) is 25.6 Å². The van der Waals surface area contributed by atoms with E-state index in [0.29, 0.717) is 6.04 Å². The van der Waals surface area contributed by atoms with E-state index in [9.17, 15) is 5.26 Å². The maximum Gasteiger partial charge on any atom is 0.141 e. The molecule has 1 aromatic carbocycles. The zero-order chi connectivity index (χ0) is 18.0. The Kier molecular flexibility index (Phi) is 5.57. The van der Waals surface area contributed by atoms with Crippen molar-refractivity contribution >= 4 is 15.9 Å². The van der Waals surface area contributed by atoms with Crippen LogP contribution in [-0.4, -0.2) is 51.6 Å². The van der Waals surface area contributed by atoms with Gasteiger partial charge in [-0.25, -0.2) is 4.98 Å². The topological polar surface area (TPSA) is 48.1 Å². The SMILES string of the molecule is CC(C)N1CCN(C(C#N)c2c(Br)nc(-c3ccccc3)n2C)CC1. The Hall–Kier alpha value is -1.68. The van der Waals surface area contributed by atoms with Crippen molar-refractivity contribution in [3.8, 4) is 17.5 Å². The summed E-state index contributed by atoms with van der Waals surface area (Å²) in [6.45, 7) is 8.24. The second-order valence-electron chi connectivity index (χ2n) is 6.73. The molecule has 0 N–H and O–H groups in total. The number of hydrogen-bond donors (Lipinski definition) is 0. The van der Waals surface area contributed by atoms with Crippen molar-refractivity contribution in [2.45, 2.75) is 25.9 Å². The fraction of sp³-hybridized carbons (Fsp3) is 0.474. The largest absolute Gasteiger partial charge is 0.328 e. The fourth-order valence-corrected chi connectivity index (χ4v) is 4.10. The van der Waals surface area contributed by atoms with Crippen molar-refractivity contribution in [3.05, 3.63) is 40.6 Å². The van der Waals surface area contributed by atoms with E-state index in [2.05, 4.69) is 50.6 Å². The molecule has 25 heavy (non-hydrogen) atoms. The summed E-state index contributed by atoms with van der Waals surface area (Å²) in [6.07, 6.45) is 0.